The molecule has 0 saturated carbocycles. The molecule has 1 aliphatic carbocycles. The van der Waals surface area contributed by atoms with Gasteiger partial charge in [-0.25, -0.2) is 4.98 Å². The van der Waals surface area contributed by atoms with Crippen LogP contribution in [0.5, 0.6) is 0 Å². The fraction of sp³-hybridized carbons (Fsp3) is 0.158. The molecule has 0 bridgehead atoms. The van der Waals surface area contributed by atoms with E-state index < -0.39 is 0 Å². The molecule has 0 saturated heterocycles. The van der Waals surface area contributed by atoms with Crippen LogP contribution in [0.2, 0.25) is 0 Å². The first kappa shape index (κ1) is 13.0. The van der Waals surface area contributed by atoms with Crippen molar-refractivity contribution in [3.05, 3.63) is 59.5 Å². The van der Waals surface area contributed by atoms with E-state index in [1.807, 2.05) is 24.3 Å². The first-order valence-electron chi connectivity index (χ1n) is 7.48. The maximum Gasteiger partial charge on any atom is 0.200 e. The van der Waals surface area contributed by atoms with Gasteiger partial charge in [-0.1, -0.05) is 38.1 Å². The molecule has 108 valence electrons. The van der Waals surface area contributed by atoms with Crippen LogP contribution in [-0.4, -0.2) is 4.98 Å². The van der Waals surface area contributed by atoms with Crippen LogP contribution in [-0.2, 0) is 0 Å². The van der Waals surface area contributed by atoms with Gasteiger partial charge in [0.05, 0.1) is 6.07 Å². The Labute approximate surface area is 128 Å². The third kappa shape index (κ3) is 1.90. The number of benzene rings is 3. The summed E-state index contributed by atoms with van der Waals surface area (Å²) in [7, 11) is 0. The molecule has 0 radical (unpaired) electrons. The van der Waals surface area contributed by atoms with Crippen LogP contribution >= 0.6 is 0 Å². The molecule has 0 aromatic heterocycles. The molecule has 0 unspecified atom stereocenters. The third-order valence-electron chi connectivity index (χ3n) is 4.07. The molecule has 4 rings (SSSR count). The second-order valence-corrected chi connectivity index (χ2v) is 5.95. The minimum Gasteiger partial charge on any atom is -0.453 e. The lowest BCUT2D eigenvalue weighted by Gasteiger charge is -2.13. The van der Waals surface area contributed by atoms with Crippen LogP contribution in [0.4, 0.5) is 0 Å². The normalized spacial score (nSPS) is 11.8. The van der Waals surface area contributed by atoms with Gasteiger partial charge in [-0.3, -0.25) is 5.41 Å². The van der Waals surface area contributed by atoms with E-state index in [4.69, 9.17) is 14.8 Å². The molecule has 22 heavy (non-hydrogen) atoms. The molecule has 0 fully saturated rings. The van der Waals surface area contributed by atoms with E-state index in [9.17, 15) is 0 Å². The maximum absolute atomic E-state index is 6.08. The van der Waals surface area contributed by atoms with Crippen molar-refractivity contribution in [3.63, 3.8) is 0 Å². The van der Waals surface area contributed by atoms with E-state index in [1.165, 1.54) is 10.9 Å². The Kier molecular flexibility index (Phi) is 2.76. The second-order valence-electron chi connectivity index (χ2n) is 5.95. The Morgan fingerprint density at radius 2 is 1.77 bits per heavy atom. The average Bonchev–Trinajstić information content (AvgIpc) is 2.52. The van der Waals surface area contributed by atoms with Crippen molar-refractivity contribution in [2.45, 2.75) is 19.8 Å². The zero-order chi connectivity index (χ0) is 15.3. The summed E-state index contributed by atoms with van der Waals surface area (Å²) in [6, 6.07) is 16.1. The summed E-state index contributed by atoms with van der Waals surface area (Å²) in [6.45, 7) is 4.39. The Morgan fingerprint density at radius 3 is 2.55 bits per heavy atom. The fourth-order valence-corrected chi connectivity index (χ4v) is 2.98. The smallest absolute Gasteiger partial charge is 0.200 e. The Bertz CT molecular complexity index is 1030. The van der Waals surface area contributed by atoms with Crippen molar-refractivity contribution in [2.24, 2.45) is 0 Å². The van der Waals surface area contributed by atoms with Crippen molar-refractivity contribution in [3.8, 4) is 11.5 Å². The highest BCUT2D eigenvalue weighted by Crippen LogP contribution is 2.34. The molecule has 2 aliphatic rings. The number of nitrogens with two attached hydrogens (primary N) is 1. The lowest BCUT2D eigenvalue weighted by Crippen LogP contribution is -2.44. The highest BCUT2D eigenvalue weighted by Gasteiger charge is 2.15. The highest BCUT2D eigenvalue weighted by molar-refractivity contribution is 6.05. The van der Waals surface area contributed by atoms with E-state index in [-0.39, 0.29) is 0 Å². The Hall–Kier alpha value is -2.68. The number of rotatable bonds is 1. The quantitative estimate of drug-likeness (QED) is 0.433. The molecule has 3 nitrogen and oxygen atoms in total. The molecular weight excluding hydrogens is 272 g/mol. The topological polar surface area (TPSA) is 51.6 Å². The molecule has 2 aromatic carbocycles. The molecule has 1 aliphatic heterocycles. The van der Waals surface area contributed by atoms with Crippen molar-refractivity contribution in [1.82, 2.24) is 4.98 Å². The molecule has 2 N–H and O–H groups in total. The number of aromatic nitrogens is 1. The lowest BCUT2D eigenvalue weighted by atomic mass is 9.95. The summed E-state index contributed by atoms with van der Waals surface area (Å²) in [4.78, 5) is 4.80. The summed E-state index contributed by atoms with van der Waals surface area (Å²) in [5.74, 6) is 1.14. The zero-order valence-corrected chi connectivity index (χ0v) is 12.6. The van der Waals surface area contributed by atoms with Crippen LogP contribution in [0.1, 0.15) is 25.3 Å². The highest BCUT2D eigenvalue weighted by atomic mass is 16.3. The van der Waals surface area contributed by atoms with Crippen molar-refractivity contribution in [2.75, 3.05) is 0 Å². The van der Waals surface area contributed by atoms with Crippen LogP contribution in [0.25, 0.3) is 33.3 Å². The number of nitrogens with zero attached hydrogens (tertiary/aromatic N) is 1. The minimum atomic E-state index is 0.418. The predicted molar refractivity (Wildman–Crippen MR) is 87.3 cm³/mol. The van der Waals surface area contributed by atoms with Gasteiger partial charge < -0.3 is 4.42 Å². The predicted octanol–water partition coefficient (Wildman–Crippen LogP) is 2.87. The molecule has 0 spiro atoms. The summed E-state index contributed by atoms with van der Waals surface area (Å²) in [6.07, 6.45) is 0. The van der Waals surface area contributed by atoms with Gasteiger partial charge in [0.2, 0.25) is 5.36 Å². The summed E-state index contributed by atoms with van der Waals surface area (Å²) >= 11 is 0. The molecular formula is C19H17N2O+. The molecule has 0 atom stereocenters. The van der Waals surface area contributed by atoms with E-state index in [0.29, 0.717) is 11.3 Å². The number of fused-ring (bicyclic) bond motifs is 4. The zero-order valence-electron chi connectivity index (χ0n) is 12.6. The summed E-state index contributed by atoms with van der Waals surface area (Å²) in [5.41, 5.74) is 3.80. The molecule has 0 amide bonds. The summed E-state index contributed by atoms with van der Waals surface area (Å²) in [5, 5.41) is 8.90. The monoisotopic (exact) mass is 289 g/mol. The van der Waals surface area contributed by atoms with Crippen LogP contribution in [0.3, 0.4) is 0 Å². The van der Waals surface area contributed by atoms with Gasteiger partial charge in [0.25, 0.3) is 0 Å². The van der Waals surface area contributed by atoms with Gasteiger partial charge >= 0.3 is 0 Å². The summed E-state index contributed by atoms with van der Waals surface area (Å²) < 4.78 is 6.08. The first-order valence-corrected chi connectivity index (χ1v) is 7.48. The fourth-order valence-electron chi connectivity index (χ4n) is 2.98. The third-order valence-corrected chi connectivity index (χ3v) is 4.07. The van der Waals surface area contributed by atoms with Crippen LogP contribution < -0.4 is 10.8 Å². The Morgan fingerprint density at radius 1 is 1.00 bits per heavy atom. The van der Waals surface area contributed by atoms with E-state index >= 15 is 0 Å². The van der Waals surface area contributed by atoms with Crippen molar-refractivity contribution in [1.29, 1.82) is 0 Å². The minimum absolute atomic E-state index is 0.418. The average molecular weight is 289 g/mol. The van der Waals surface area contributed by atoms with Gasteiger partial charge in [-0.05, 0) is 29.0 Å². The number of hydrogen-bond donors (Lipinski definition) is 1. The first-order chi connectivity index (χ1) is 10.6. The number of hydrogen-bond acceptors (Lipinski definition) is 2. The van der Waals surface area contributed by atoms with E-state index in [1.54, 1.807) is 0 Å². The van der Waals surface area contributed by atoms with Crippen molar-refractivity contribution >= 4 is 21.9 Å². The largest absolute Gasteiger partial charge is 0.453 e. The van der Waals surface area contributed by atoms with E-state index in [2.05, 4.69) is 38.1 Å². The Balaban J connectivity index is 2.22. The van der Waals surface area contributed by atoms with Crippen molar-refractivity contribution < 1.29 is 9.83 Å². The van der Waals surface area contributed by atoms with Gasteiger partial charge in [0, 0.05) is 11.5 Å². The second kappa shape index (κ2) is 4.67. The van der Waals surface area contributed by atoms with Gasteiger partial charge in [0.1, 0.15) is 11.2 Å². The molecule has 2 aromatic rings. The lowest BCUT2D eigenvalue weighted by molar-refractivity contribution is -0.172. The van der Waals surface area contributed by atoms with Gasteiger partial charge in [0.15, 0.2) is 11.3 Å². The maximum atomic E-state index is 6.08. The molecule has 3 heteroatoms. The standard InChI is InChI=1S/C19H16N2O/c1-11(2)15-10-18-19(14-6-4-3-5-13(14)15)21-16-8-7-12(20)9-17(16)22-18/h3-11,20H,1-2H3/p+1. The van der Waals surface area contributed by atoms with Gasteiger partial charge in [-0.15, -0.1) is 0 Å². The molecule has 1 heterocycles. The van der Waals surface area contributed by atoms with Gasteiger partial charge in [-0.2, -0.15) is 0 Å². The van der Waals surface area contributed by atoms with Crippen LogP contribution in [0, 0.1) is 0 Å². The SMILES string of the molecule is CC(C)c1cc2oc3cc(=[NH2+])ccc-3nc2c2ccccc12. The van der Waals surface area contributed by atoms with E-state index in [0.717, 1.165) is 27.9 Å². The van der Waals surface area contributed by atoms with Crippen LogP contribution in [0.15, 0.2) is 52.9 Å².